The zero-order valence-electron chi connectivity index (χ0n) is 17.7. The Bertz CT molecular complexity index is 677. The van der Waals surface area contributed by atoms with Gasteiger partial charge >= 0.3 is 5.97 Å². The lowest BCUT2D eigenvalue weighted by molar-refractivity contribution is -0.294. The Morgan fingerprint density at radius 1 is 1.03 bits per heavy atom. The highest BCUT2D eigenvalue weighted by atomic mass is 16.8. The van der Waals surface area contributed by atoms with E-state index in [4.69, 9.17) is 33.3 Å². The number of carbonyl (C=O) groups is 1. The van der Waals surface area contributed by atoms with Gasteiger partial charge in [0.25, 0.3) is 0 Å². The van der Waals surface area contributed by atoms with Gasteiger partial charge in [0, 0.05) is 6.42 Å². The van der Waals surface area contributed by atoms with Crippen molar-refractivity contribution >= 4 is 5.97 Å². The van der Waals surface area contributed by atoms with Crippen molar-refractivity contribution in [3.8, 4) is 0 Å². The van der Waals surface area contributed by atoms with Crippen molar-refractivity contribution in [1.82, 2.24) is 5.06 Å². The Kier molecular flexibility index (Phi) is 4.57. The maximum absolute atomic E-state index is 12.7. The Hall–Kier alpha value is -0.810. The van der Waals surface area contributed by atoms with Crippen LogP contribution in [-0.4, -0.2) is 78.1 Å². The average molecular weight is 413 g/mol. The van der Waals surface area contributed by atoms with Crippen LogP contribution in [0.1, 0.15) is 53.9 Å². The highest BCUT2D eigenvalue weighted by Crippen LogP contribution is 2.53. The fraction of sp³-hybridized carbons (Fsp3) is 0.950. The van der Waals surface area contributed by atoms with E-state index in [1.165, 1.54) is 0 Å². The highest BCUT2D eigenvalue weighted by Gasteiger charge is 2.65. The molecule has 0 radical (unpaired) electrons. The molecule has 0 aromatic heterocycles. The van der Waals surface area contributed by atoms with E-state index in [1.807, 2.05) is 27.7 Å². The van der Waals surface area contributed by atoms with Gasteiger partial charge in [0.1, 0.15) is 30.5 Å². The van der Waals surface area contributed by atoms with Crippen molar-refractivity contribution in [2.24, 2.45) is 0 Å². The first-order valence-electron chi connectivity index (χ1n) is 10.6. The number of nitrogens with zero attached hydrogens (tertiary/aromatic N) is 1. The number of esters is 1. The lowest BCUT2D eigenvalue weighted by atomic mass is 10.1. The van der Waals surface area contributed by atoms with Crippen LogP contribution in [0.3, 0.4) is 0 Å². The van der Waals surface area contributed by atoms with Crippen molar-refractivity contribution in [2.45, 2.75) is 108 Å². The first-order chi connectivity index (χ1) is 13.6. The smallest absolute Gasteiger partial charge is 0.325 e. The van der Waals surface area contributed by atoms with Crippen LogP contribution in [0.25, 0.3) is 0 Å². The normalized spacial score (nSPS) is 44.3. The molecule has 0 N–H and O–H groups in total. The molecule has 1 saturated carbocycles. The summed E-state index contributed by atoms with van der Waals surface area (Å²) in [7, 11) is 0. The van der Waals surface area contributed by atoms with Crippen molar-refractivity contribution < 1.29 is 38.1 Å². The molecular formula is C20H31NO8. The van der Waals surface area contributed by atoms with Gasteiger partial charge < -0.3 is 28.4 Å². The van der Waals surface area contributed by atoms with Gasteiger partial charge in [0.05, 0.1) is 18.8 Å². The fourth-order valence-electron chi connectivity index (χ4n) is 4.85. The van der Waals surface area contributed by atoms with Gasteiger partial charge in [0.2, 0.25) is 0 Å². The van der Waals surface area contributed by atoms with Gasteiger partial charge in [-0.15, -0.1) is 5.06 Å². The van der Waals surface area contributed by atoms with E-state index in [0.29, 0.717) is 19.6 Å². The molecule has 0 unspecified atom stereocenters. The van der Waals surface area contributed by atoms with E-state index in [-0.39, 0.29) is 23.8 Å². The van der Waals surface area contributed by atoms with Crippen LogP contribution < -0.4 is 0 Å². The summed E-state index contributed by atoms with van der Waals surface area (Å²) in [6.07, 6.45) is 0.435. The Morgan fingerprint density at radius 2 is 1.76 bits per heavy atom. The summed E-state index contributed by atoms with van der Waals surface area (Å²) in [4.78, 5) is 18.9. The molecule has 9 nitrogen and oxygen atoms in total. The number of hydroxylamine groups is 2. The molecule has 0 aromatic carbocycles. The lowest BCUT2D eigenvalue weighted by Crippen LogP contribution is -2.49. The van der Waals surface area contributed by atoms with E-state index in [1.54, 1.807) is 12.0 Å². The van der Waals surface area contributed by atoms with Crippen molar-refractivity contribution in [2.75, 3.05) is 13.2 Å². The molecule has 0 bridgehead atoms. The first kappa shape index (κ1) is 20.1. The van der Waals surface area contributed by atoms with Gasteiger partial charge in [-0.05, 0) is 47.5 Å². The third-order valence-corrected chi connectivity index (χ3v) is 6.25. The molecule has 0 amide bonds. The maximum atomic E-state index is 12.7. The van der Waals surface area contributed by atoms with Gasteiger partial charge in [-0.1, -0.05) is 0 Å². The van der Waals surface area contributed by atoms with Gasteiger partial charge in [-0.3, -0.25) is 9.63 Å². The molecule has 5 aliphatic rings. The molecule has 9 heteroatoms. The predicted molar refractivity (Wildman–Crippen MR) is 97.3 cm³/mol. The van der Waals surface area contributed by atoms with Gasteiger partial charge in [-0.2, -0.15) is 0 Å². The number of rotatable bonds is 4. The van der Waals surface area contributed by atoms with Crippen LogP contribution in [0.2, 0.25) is 0 Å². The number of hydrogen-bond donors (Lipinski definition) is 0. The zero-order chi connectivity index (χ0) is 20.6. The fourth-order valence-corrected chi connectivity index (χ4v) is 4.85. The van der Waals surface area contributed by atoms with Gasteiger partial charge in [-0.25, -0.2) is 0 Å². The van der Waals surface area contributed by atoms with Crippen LogP contribution in [0.4, 0.5) is 0 Å². The standard InChI is InChI=1S/C20H31NO8/c1-6-23-17(22)11-9-20(7-8-20)29-21(11)16-15-14(27-19(4,5)28-15)13(25-16)12-10-24-18(2,3)26-12/h11-16H,6-10H2,1-5H3/t11-,12-,13-,14+,15+,16+/m1/s1. The monoisotopic (exact) mass is 413 g/mol. The minimum atomic E-state index is -0.763. The van der Waals surface area contributed by atoms with E-state index >= 15 is 0 Å². The minimum Gasteiger partial charge on any atom is -0.465 e. The molecule has 5 fully saturated rings. The van der Waals surface area contributed by atoms with E-state index < -0.39 is 36.1 Å². The molecule has 4 saturated heterocycles. The molecular weight excluding hydrogens is 382 g/mol. The van der Waals surface area contributed by atoms with Crippen LogP contribution in [0, 0.1) is 0 Å². The van der Waals surface area contributed by atoms with Gasteiger partial charge in [0.15, 0.2) is 17.8 Å². The highest BCUT2D eigenvalue weighted by molar-refractivity contribution is 5.76. The lowest BCUT2D eigenvalue weighted by Gasteiger charge is -2.32. The van der Waals surface area contributed by atoms with Crippen molar-refractivity contribution in [1.29, 1.82) is 0 Å². The molecule has 164 valence electrons. The third kappa shape index (κ3) is 3.50. The van der Waals surface area contributed by atoms with Crippen LogP contribution >= 0.6 is 0 Å². The molecule has 1 spiro atoms. The summed E-state index contributed by atoms with van der Waals surface area (Å²) >= 11 is 0. The predicted octanol–water partition coefficient (Wildman–Crippen LogP) is 1.48. The topological polar surface area (TPSA) is 84.9 Å². The minimum absolute atomic E-state index is 0.279. The number of fused-ring (bicyclic) bond motifs is 1. The Balaban J connectivity index is 1.41. The molecule has 4 heterocycles. The zero-order valence-corrected chi connectivity index (χ0v) is 17.7. The molecule has 1 aliphatic carbocycles. The summed E-state index contributed by atoms with van der Waals surface area (Å²) in [5.41, 5.74) is -0.279. The van der Waals surface area contributed by atoms with Crippen LogP contribution in [0.15, 0.2) is 0 Å². The second-order valence-corrected chi connectivity index (χ2v) is 9.53. The van der Waals surface area contributed by atoms with Crippen molar-refractivity contribution in [3.05, 3.63) is 0 Å². The second kappa shape index (κ2) is 6.59. The second-order valence-electron chi connectivity index (χ2n) is 9.53. The molecule has 6 atom stereocenters. The maximum Gasteiger partial charge on any atom is 0.325 e. The van der Waals surface area contributed by atoms with E-state index in [9.17, 15) is 4.79 Å². The van der Waals surface area contributed by atoms with E-state index in [0.717, 1.165) is 12.8 Å². The first-order valence-corrected chi connectivity index (χ1v) is 10.6. The number of carbonyl (C=O) groups excluding carboxylic acids is 1. The summed E-state index contributed by atoms with van der Waals surface area (Å²) in [6.45, 7) is 10.1. The molecule has 29 heavy (non-hydrogen) atoms. The number of hydrogen-bond acceptors (Lipinski definition) is 9. The molecule has 5 rings (SSSR count). The largest absolute Gasteiger partial charge is 0.465 e. The van der Waals surface area contributed by atoms with Crippen molar-refractivity contribution in [3.63, 3.8) is 0 Å². The Morgan fingerprint density at radius 3 is 2.38 bits per heavy atom. The summed E-state index contributed by atoms with van der Waals surface area (Å²) in [5, 5.41) is 1.66. The van der Waals surface area contributed by atoms with E-state index in [2.05, 4.69) is 0 Å². The molecule has 4 aliphatic heterocycles. The quantitative estimate of drug-likeness (QED) is 0.636. The summed E-state index contributed by atoms with van der Waals surface area (Å²) in [6, 6.07) is -0.522. The SMILES string of the molecule is CCOC(=O)[C@H]1CC2(CC2)ON1[C@H]1O[C@H]([C@H]2COC(C)(C)O2)[C@@H]2OC(C)(C)O[C@@H]21. The third-order valence-electron chi connectivity index (χ3n) is 6.25. The average Bonchev–Trinajstić information content (AvgIpc) is 2.90. The summed E-state index contributed by atoms with van der Waals surface area (Å²) in [5.74, 6) is -1.73. The van der Waals surface area contributed by atoms with Crippen LogP contribution in [0.5, 0.6) is 0 Å². The summed E-state index contributed by atoms with van der Waals surface area (Å²) < 4.78 is 35.9. The number of ether oxygens (including phenoxy) is 6. The van der Waals surface area contributed by atoms with Crippen LogP contribution in [-0.2, 0) is 38.1 Å². The Labute approximate surface area is 170 Å². The molecule has 0 aromatic rings.